The summed E-state index contributed by atoms with van der Waals surface area (Å²) in [6.45, 7) is 0. The summed E-state index contributed by atoms with van der Waals surface area (Å²) in [5.41, 5.74) is 8.91. The minimum atomic E-state index is 0.731. The van der Waals surface area contributed by atoms with E-state index in [4.69, 9.17) is 9.97 Å². The lowest BCUT2D eigenvalue weighted by molar-refractivity contribution is 1.23. The van der Waals surface area contributed by atoms with Gasteiger partial charge in [-0.05, 0) is 46.0 Å². The number of hydrogen-bond acceptors (Lipinski definition) is 2. The van der Waals surface area contributed by atoms with Crippen molar-refractivity contribution >= 4 is 10.9 Å². The molecule has 0 aliphatic carbocycles. The molecule has 1 aromatic heterocycles. The molecule has 0 unspecified atom stereocenters. The maximum Gasteiger partial charge on any atom is 0.159 e. The Morgan fingerprint density at radius 3 is 1.65 bits per heavy atom. The van der Waals surface area contributed by atoms with Gasteiger partial charge >= 0.3 is 0 Å². The number of aromatic nitrogens is 2. The molecule has 0 N–H and O–H groups in total. The average molecular weight is 435 g/mol. The van der Waals surface area contributed by atoms with Crippen molar-refractivity contribution in [2.45, 2.75) is 0 Å². The van der Waals surface area contributed by atoms with E-state index in [0.29, 0.717) is 0 Å². The first-order chi connectivity index (χ1) is 16.8. The van der Waals surface area contributed by atoms with Crippen molar-refractivity contribution in [3.05, 3.63) is 134 Å². The van der Waals surface area contributed by atoms with Crippen molar-refractivity contribution in [2.75, 3.05) is 0 Å². The Balaban J connectivity index is 1.53. The summed E-state index contributed by atoms with van der Waals surface area (Å²) in [5, 5.41) is 1.03. The fraction of sp³-hybridized carbons (Fsp3) is 0. The zero-order valence-electron chi connectivity index (χ0n) is 18.6. The van der Waals surface area contributed by atoms with Crippen LogP contribution in [0.2, 0.25) is 0 Å². The van der Waals surface area contributed by atoms with Gasteiger partial charge in [-0.25, -0.2) is 9.97 Å². The van der Waals surface area contributed by atoms with Crippen molar-refractivity contribution in [3.63, 3.8) is 0 Å². The molecular formula is C32H22N2. The van der Waals surface area contributed by atoms with E-state index < -0.39 is 0 Å². The SMILES string of the molecule is c1ccc(-c2cccc(-c3ncc4cc(-c5ccccc5)cc(-c5ccccc5)c4n3)c2)cc1. The van der Waals surface area contributed by atoms with Gasteiger partial charge in [0.15, 0.2) is 5.82 Å². The quantitative estimate of drug-likeness (QED) is 0.279. The summed E-state index contributed by atoms with van der Waals surface area (Å²) in [7, 11) is 0. The molecule has 0 amide bonds. The summed E-state index contributed by atoms with van der Waals surface area (Å²) in [5.74, 6) is 0.731. The van der Waals surface area contributed by atoms with Gasteiger partial charge in [0.25, 0.3) is 0 Å². The van der Waals surface area contributed by atoms with E-state index in [9.17, 15) is 0 Å². The maximum atomic E-state index is 5.08. The zero-order valence-corrected chi connectivity index (χ0v) is 18.6. The molecule has 2 heteroatoms. The van der Waals surface area contributed by atoms with Crippen LogP contribution in [-0.4, -0.2) is 9.97 Å². The molecule has 0 aliphatic rings. The predicted molar refractivity (Wildman–Crippen MR) is 141 cm³/mol. The van der Waals surface area contributed by atoms with Crippen LogP contribution in [-0.2, 0) is 0 Å². The summed E-state index contributed by atoms with van der Waals surface area (Å²) in [6.07, 6.45) is 1.95. The summed E-state index contributed by atoms with van der Waals surface area (Å²) in [6, 6.07) is 44.2. The van der Waals surface area contributed by atoms with Crippen LogP contribution in [0, 0.1) is 0 Å². The molecule has 1 heterocycles. The Hall–Kier alpha value is -4.56. The van der Waals surface area contributed by atoms with E-state index >= 15 is 0 Å². The molecule has 6 rings (SSSR count). The van der Waals surface area contributed by atoms with Crippen LogP contribution in [0.3, 0.4) is 0 Å². The third kappa shape index (κ3) is 3.87. The fourth-order valence-corrected chi connectivity index (χ4v) is 4.39. The minimum absolute atomic E-state index is 0.731. The summed E-state index contributed by atoms with van der Waals surface area (Å²) in [4.78, 5) is 9.85. The van der Waals surface area contributed by atoms with Crippen molar-refractivity contribution < 1.29 is 0 Å². The lowest BCUT2D eigenvalue weighted by atomic mass is 9.96. The molecule has 0 radical (unpaired) electrons. The Kier molecular flexibility index (Phi) is 5.17. The number of benzene rings is 5. The van der Waals surface area contributed by atoms with E-state index in [2.05, 4.69) is 109 Å². The molecule has 0 bridgehead atoms. The molecule has 0 aliphatic heterocycles. The Labute approximate surface area is 199 Å². The van der Waals surface area contributed by atoms with Crippen molar-refractivity contribution in [1.29, 1.82) is 0 Å². The van der Waals surface area contributed by atoms with E-state index in [1.54, 1.807) is 0 Å². The third-order valence-electron chi connectivity index (χ3n) is 6.10. The van der Waals surface area contributed by atoms with Gasteiger partial charge in [-0.2, -0.15) is 0 Å². The normalized spacial score (nSPS) is 10.9. The predicted octanol–water partition coefficient (Wildman–Crippen LogP) is 8.30. The van der Waals surface area contributed by atoms with E-state index in [0.717, 1.165) is 44.5 Å². The third-order valence-corrected chi connectivity index (χ3v) is 6.10. The highest BCUT2D eigenvalue weighted by Crippen LogP contribution is 2.34. The molecule has 0 spiro atoms. The number of nitrogens with zero attached hydrogens (tertiary/aromatic N) is 2. The highest BCUT2D eigenvalue weighted by atomic mass is 14.9. The Morgan fingerprint density at radius 1 is 0.412 bits per heavy atom. The van der Waals surface area contributed by atoms with Crippen molar-refractivity contribution in [1.82, 2.24) is 9.97 Å². The van der Waals surface area contributed by atoms with Gasteiger partial charge in [0.2, 0.25) is 0 Å². The summed E-state index contributed by atoms with van der Waals surface area (Å²) < 4.78 is 0. The molecule has 5 aromatic carbocycles. The minimum Gasteiger partial charge on any atom is -0.236 e. The molecule has 160 valence electrons. The summed E-state index contributed by atoms with van der Waals surface area (Å²) >= 11 is 0. The molecule has 0 atom stereocenters. The number of hydrogen-bond donors (Lipinski definition) is 0. The topological polar surface area (TPSA) is 25.8 Å². The molecule has 6 aromatic rings. The fourth-order valence-electron chi connectivity index (χ4n) is 4.39. The maximum absolute atomic E-state index is 5.08. The van der Waals surface area contributed by atoms with E-state index in [-0.39, 0.29) is 0 Å². The first-order valence-corrected chi connectivity index (χ1v) is 11.4. The lowest BCUT2D eigenvalue weighted by Gasteiger charge is -2.12. The second kappa shape index (κ2) is 8.76. The van der Waals surface area contributed by atoms with E-state index in [1.165, 1.54) is 11.1 Å². The van der Waals surface area contributed by atoms with Crippen LogP contribution in [0.1, 0.15) is 0 Å². The monoisotopic (exact) mass is 434 g/mol. The van der Waals surface area contributed by atoms with Crippen LogP contribution < -0.4 is 0 Å². The highest BCUT2D eigenvalue weighted by Gasteiger charge is 2.12. The number of rotatable bonds is 4. The average Bonchev–Trinajstić information content (AvgIpc) is 2.93. The molecule has 0 saturated heterocycles. The smallest absolute Gasteiger partial charge is 0.159 e. The Morgan fingerprint density at radius 2 is 0.971 bits per heavy atom. The van der Waals surface area contributed by atoms with Crippen LogP contribution in [0.5, 0.6) is 0 Å². The standard InChI is InChI=1S/C32H22N2/c1-4-11-23(12-5-1)26-17-10-18-27(19-26)32-33-22-29-20-28(24-13-6-2-7-14-24)21-30(31(29)34-32)25-15-8-3-9-16-25/h1-22H. The largest absolute Gasteiger partial charge is 0.236 e. The molecule has 0 fully saturated rings. The molecule has 34 heavy (non-hydrogen) atoms. The van der Waals surface area contributed by atoms with Gasteiger partial charge in [-0.1, -0.05) is 109 Å². The zero-order chi connectivity index (χ0) is 22.7. The van der Waals surface area contributed by atoms with Crippen LogP contribution in [0.15, 0.2) is 134 Å². The number of fused-ring (bicyclic) bond motifs is 1. The highest BCUT2D eigenvalue weighted by molar-refractivity contribution is 5.98. The van der Waals surface area contributed by atoms with Gasteiger partial charge in [0, 0.05) is 22.7 Å². The van der Waals surface area contributed by atoms with Gasteiger partial charge < -0.3 is 0 Å². The lowest BCUT2D eigenvalue weighted by Crippen LogP contribution is -1.94. The second-order valence-electron chi connectivity index (χ2n) is 8.33. The van der Waals surface area contributed by atoms with Crippen molar-refractivity contribution in [3.8, 4) is 44.8 Å². The van der Waals surface area contributed by atoms with Gasteiger partial charge in [-0.3, -0.25) is 0 Å². The van der Waals surface area contributed by atoms with Crippen LogP contribution >= 0.6 is 0 Å². The first-order valence-electron chi connectivity index (χ1n) is 11.4. The second-order valence-corrected chi connectivity index (χ2v) is 8.33. The molecular weight excluding hydrogens is 412 g/mol. The van der Waals surface area contributed by atoms with Gasteiger partial charge in [-0.15, -0.1) is 0 Å². The van der Waals surface area contributed by atoms with Crippen LogP contribution in [0.4, 0.5) is 0 Å². The molecule has 0 saturated carbocycles. The van der Waals surface area contributed by atoms with Gasteiger partial charge in [0.1, 0.15) is 0 Å². The van der Waals surface area contributed by atoms with Crippen LogP contribution in [0.25, 0.3) is 55.7 Å². The molecule has 2 nitrogen and oxygen atoms in total. The van der Waals surface area contributed by atoms with Gasteiger partial charge in [0.05, 0.1) is 5.52 Å². The van der Waals surface area contributed by atoms with Crippen molar-refractivity contribution in [2.24, 2.45) is 0 Å². The first kappa shape index (κ1) is 20.1. The Bertz CT molecular complexity index is 1570. The van der Waals surface area contributed by atoms with E-state index in [1.807, 2.05) is 24.4 Å².